The molecular formula is C21H25NO6. The molecule has 0 saturated carbocycles. The fourth-order valence-corrected chi connectivity index (χ4v) is 3.45. The van der Waals surface area contributed by atoms with Gasteiger partial charge in [-0.1, -0.05) is 42.5 Å². The van der Waals surface area contributed by atoms with Crippen molar-refractivity contribution in [2.24, 2.45) is 5.73 Å². The first-order chi connectivity index (χ1) is 13.7. The maximum Gasteiger partial charge on any atom is 0.184 e. The van der Waals surface area contributed by atoms with E-state index in [0.29, 0.717) is 6.61 Å². The molecule has 7 heteroatoms. The zero-order valence-electron chi connectivity index (χ0n) is 15.6. The summed E-state index contributed by atoms with van der Waals surface area (Å²) in [5.74, 6) is 0.749. The summed E-state index contributed by atoms with van der Waals surface area (Å²) in [6.45, 7) is 0.621. The minimum Gasteiger partial charge on any atom is -0.497 e. The van der Waals surface area contributed by atoms with E-state index in [1.54, 1.807) is 7.11 Å². The molecule has 0 bridgehead atoms. The molecule has 28 heavy (non-hydrogen) atoms. The largest absolute Gasteiger partial charge is 0.497 e. The van der Waals surface area contributed by atoms with Crippen molar-refractivity contribution in [2.75, 3.05) is 13.7 Å². The SMILES string of the molecule is COc1ccc(C2OC[C@H]3O[C@H](OCc4ccccc4)[C@H](N)[C@@H](O)[C@H]3O2)cc1. The lowest BCUT2D eigenvalue weighted by molar-refractivity contribution is -0.343. The summed E-state index contributed by atoms with van der Waals surface area (Å²) >= 11 is 0. The molecule has 0 aromatic heterocycles. The van der Waals surface area contributed by atoms with Crippen LogP contribution in [-0.4, -0.2) is 49.5 Å². The van der Waals surface area contributed by atoms with Crippen LogP contribution >= 0.6 is 0 Å². The maximum absolute atomic E-state index is 10.7. The molecule has 0 amide bonds. The summed E-state index contributed by atoms with van der Waals surface area (Å²) in [6, 6.07) is 16.4. The summed E-state index contributed by atoms with van der Waals surface area (Å²) < 4.78 is 28.7. The van der Waals surface area contributed by atoms with Gasteiger partial charge >= 0.3 is 0 Å². The number of hydrogen-bond donors (Lipinski definition) is 2. The molecule has 150 valence electrons. The average Bonchev–Trinajstić information content (AvgIpc) is 2.76. The zero-order chi connectivity index (χ0) is 19.5. The van der Waals surface area contributed by atoms with Gasteiger partial charge in [0.2, 0.25) is 0 Å². The Morgan fingerprint density at radius 2 is 1.82 bits per heavy atom. The third-order valence-corrected chi connectivity index (χ3v) is 5.06. The summed E-state index contributed by atoms with van der Waals surface area (Å²) in [5.41, 5.74) is 8.02. The van der Waals surface area contributed by atoms with Crippen molar-refractivity contribution in [3.8, 4) is 5.75 Å². The molecule has 6 atom stereocenters. The Labute approximate surface area is 163 Å². The molecule has 2 fully saturated rings. The van der Waals surface area contributed by atoms with Crippen LogP contribution in [-0.2, 0) is 25.6 Å². The van der Waals surface area contributed by atoms with E-state index in [2.05, 4.69) is 0 Å². The summed E-state index contributed by atoms with van der Waals surface area (Å²) in [4.78, 5) is 0. The Morgan fingerprint density at radius 3 is 2.54 bits per heavy atom. The van der Waals surface area contributed by atoms with Gasteiger partial charge in [0.1, 0.15) is 24.1 Å². The second kappa shape index (κ2) is 8.57. The lowest BCUT2D eigenvalue weighted by Gasteiger charge is -2.46. The van der Waals surface area contributed by atoms with E-state index in [0.717, 1.165) is 16.9 Å². The predicted molar refractivity (Wildman–Crippen MR) is 100 cm³/mol. The molecule has 2 heterocycles. The monoisotopic (exact) mass is 387 g/mol. The van der Waals surface area contributed by atoms with E-state index >= 15 is 0 Å². The van der Waals surface area contributed by atoms with E-state index in [1.165, 1.54) is 0 Å². The highest BCUT2D eigenvalue weighted by Crippen LogP contribution is 2.34. The van der Waals surface area contributed by atoms with Gasteiger partial charge in [-0.2, -0.15) is 0 Å². The van der Waals surface area contributed by atoms with Crippen LogP contribution in [0, 0.1) is 0 Å². The Hall–Kier alpha value is -2.00. The lowest BCUT2D eigenvalue weighted by Crippen LogP contribution is -2.64. The number of hydrogen-bond acceptors (Lipinski definition) is 7. The second-order valence-electron chi connectivity index (χ2n) is 6.95. The van der Waals surface area contributed by atoms with Crippen molar-refractivity contribution in [3.63, 3.8) is 0 Å². The van der Waals surface area contributed by atoms with Crippen molar-refractivity contribution in [1.82, 2.24) is 0 Å². The van der Waals surface area contributed by atoms with Gasteiger partial charge in [-0.3, -0.25) is 0 Å². The van der Waals surface area contributed by atoms with Gasteiger partial charge < -0.3 is 34.5 Å². The lowest BCUT2D eigenvalue weighted by atomic mass is 9.96. The first kappa shape index (κ1) is 19.3. The number of methoxy groups -OCH3 is 1. The highest BCUT2D eigenvalue weighted by molar-refractivity contribution is 5.28. The van der Waals surface area contributed by atoms with Crippen molar-refractivity contribution in [1.29, 1.82) is 0 Å². The second-order valence-corrected chi connectivity index (χ2v) is 6.95. The van der Waals surface area contributed by atoms with Crippen molar-refractivity contribution < 1.29 is 28.8 Å². The van der Waals surface area contributed by atoms with Crippen LogP contribution in [0.4, 0.5) is 0 Å². The first-order valence-electron chi connectivity index (χ1n) is 9.31. The fraction of sp³-hybridized carbons (Fsp3) is 0.429. The Morgan fingerprint density at radius 1 is 1.07 bits per heavy atom. The molecule has 0 spiro atoms. The number of aliphatic hydroxyl groups excluding tert-OH is 1. The van der Waals surface area contributed by atoms with Gasteiger partial charge in [0.25, 0.3) is 0 Å². The van der Waals surface area contributed by atoms with Crippen LogP contribution in [0.3, 0.4) is 0 Å². The smallest absolute Gasteiger partial charge is 0.184 e. The van der Waals surface area contributed by atoms with Gasteiger partial charge in [-0.05, 0) is 17.7 Å². The molecule has 0 aliphatic carbocycles. The van der Waals surface area contributed by atoms with Crippen LogP contribution < -0.4 is 10.5 Å². The van der Waals surface area contributed by atoms with E-state index in [9.17, 15) is 5.11 Å². The van der Waals surface area contributed by atoms with E-state index in [-0.39, 0.29) is 6.61 Å². The van der Waals surface area contributed by atoms with Crippen molar-refractivity contribution in [3.05, 3.63) is 65.7 Å². The van der Waals surface area contributed by atoms with Crippen LogP contribution in [0.5, 0.6) is 5.75 Å². The Kier molecular flexibility index (Phi) is 5.91. The van der Waals surface area contributed by atoms with Crippen LogP contribution in [0.1, 0.15) is 17.4 Å². The first-order valence-corrected chi connectivity index (χ1v) is 9.31. The average molecular weight is 387 g/mol. The number of ether oxygens (including phenoxy) is 5. The molecule has 2 saturated heterocycles. The molecule has 2 aromatic rings. The van der Waals surface area contributed by atoms with Gasteiger partial charge in [0, 0.05) is 5.56 Å². The molecule has 1 unspecified atom stereocenters. The van der Waals surface area contributed by atoms with Crippen LogP contribution in [0.15, 0.2) is 54.6 Å². The Bertz CT molecular complexity index is 753. The highest BCUT2D eigenvalue weighted by atomic mass is 16.7. The number of nitrogens with two attached hydrogens (primary N) is 1. The molecule has 2 aromatic carbocycles. The standard InChI is InChI=1S/C21H25NO6/c1-24-15-9-7-14(8-10-15)20-26-12-16-19(28-20)18(23)17(22)21(27-16)25-11-13-5-3-2-4-6-13/h2-10,16-21,23H,11-12,22H2,1H3/t16-,17-,18-,19+,20?,21+/m1/s1. The molecule has 4 rings (SSSR count). The topological polar surface area (TPSA) is 92.4 Å². The summed E-state index contributed by atoms with van der Waals surface area (Å²) in [7, 11) is 1.61. The minimum atomic E-state index is -0.927. The van der Waals surface area contributed by atoms with E-state index in [4.69, 9.17) is 29.4 Å². The normalized spacial score (nSPS) is 32.5. The van der Waals surface area contributed by atoms with Gasteiger partial charge in [0.05, 0.1) is 26.4 Å². The number of aliphatic hydroxyl groups is 1. The van der Waals surface area contributed by atoms with Crippen LogP contribution in [0.2, 0.25) is 0 Å². The molecule has 0 radical (unpaired) electrons. The minimum absolute atomic E-state index is 0.274. The number of rotatable bonds is 5. The predicted octanol–water partition coefficient (Wildman–Crippen LogP) is 1.74. The van der Waals surface area contributed by atoms with Gasteiger partial charge in [0.15, 0.2) is 12.6 Å². The fourth-order valence-electron chi connectivity index (χ4n) is 3.45. The Balaban J connectivity index is 1.39. The highest BCUT2D eigenvalue weighted by Gasteiger charge is 2.48. The van der Waals surface area contributed by atoms with E-state index in [1.807, 2.05) is 54.6 Å². The third kappa shape index (κ3) is 4.05. The van der Waals surface area contributed by atoms with E-state index < -0.39 is 36.9 Å². The maximum atomic E-state index is 10.7. The van der Waals surface area contributed by atoms with Gasteiger partial charge in [-0.25, -0.2) is 0 Å². The summed E-state index contributed by atoms with van der Waals surface area (Å²) in [6.07, 6.45) is -3.30. The quantitative estimate of drug-likeness (QED) is 0.807. The molecule has 7 nitrogen and oxygen atoms in total. The number of fused-ring (bicyclic) bond motifs is 1. The molecule has 3 N–H and O–H groups in total. The third-order valence-electron chi connectivity index (χ3n) is 5.06. The number of benzene rings is 2. The molecule has 2 aliphatic rings. The zero-order valence-corrected chi connectivity index (χ0v) is 15.6. The van der Waals surface area contributed by atoms with Crippen molar-refractivity contribution >= 4 is 0 Å². The molecular weight excluding hydrogens is 362 g/mol. The molecule has 2 aliphatic heterocycles. The summed E-state index contributed by atoms with van der Waals surface area (Å²) in [5, 5.41) is 10.7. The van der Waals surface area contributed by atoms with Crippen molar-refractivity contribution in [2.45, 2.75) is 43.5 Å². The van der Waals surface area contributed by atoms with Gasteiger partial charge in [-0.15, -0.1) is 0 Å². The van der Waals surface area contributed by atoms with Crippen LogP contribution in [0.25, 0.3) is 0 Å².